The highest BCUT2D eigenvalue weighted by Gasteiger charge is 2.31. The lowest BCUT2D eigenvalue weighted by atomic mass is 9.93. The molecule has 0 radical (unpaired) electrons. The lowest BCUT2D eigenvalue weighted by molar-refractivity contribution is -0.274. The Morgan fingerprint density at radius 3 is 2.37 bits per heavy atom. The fraction of sp³-hybridized carbons (Fsp3) is 0.294. The number of alkyl halides is 3. The van der Waals surface area contributed by atoms with E-state index in [0.717, 1.165) is 52.9 Å². The number of nitrogens with one attached hydrogen (secondary N) is 1. The van der Waals surface area contributed by atoms with Crippen LogP contribution in [0.25, 0.3) is 22.8 Å². The molecule has 1 fully saturated rings. The molecule has 1 aliphatic carbocycles. The fourth-order valence-electron chi connectivity index (χ4n) is 6.28. The van der Waals surface area contributed by atoms with E-state index in [9.17, 15) is 18.0 Å². The average molecular weight is 647 g/mol. The van der Waals surface area contributed by atoms with Crippen molar-refractivity contribution < 1.29 is 22.7 Å². The molecule has 1 aliphatic rings. The topological polar surface area (TPSA) is 86.3 Å². The van der Waals surface area contributed by atoms with Gasteiger partial charge in [0.2, 0.25) is 0 Å². The van der Waals surface area contributed by atoms with Gasteiger partial charge < -0.3 is 10.1 Å². The summed E-state index contributed by atoms with van der Waals surface area (Å²) in [5, 5.41) is 9.69. The van der Waals surface area contributed by atoms with Gasteiger partial charge in [0.15, 0.2) is 10.6 Å². The van der Waals surface area contributed by atoms with Crippen molar-refractivity contribution in [3.8, 4) is 28.5 Å². The number of thiazole rings is 1. The van der Waals surface area contributed by atoms with E-state index in [4.69, 9.17) is 0 Å². The van der Waals surface area contributed by atoms with Gasteiger partial charge in [0.1, 0.15) is 12.1 Å². The number of urea groups is 1. The maximum atomic E-state index is 13.2. The second-order valence-electron chi connectivity index (χ2n) is 11.6. The van der Waals surface area contributed by atoms with Gasteiger partial charge in [-0.3, -0.25) is 4.57 Å². The highest BCUT2D eigenvalue weighted by Crippen LogP contribution is 2.35. The summed E-state index contributed by atoms with van der Waals surface area (Å²) in [6.07, 6.45) is -0.428. The van der Waals surface area contributed by atoms with E-state index in [1.165, 1.54) is 52.2 Å². The van der Waals surface area contributed by atoms with Crippen LogP contribution >= 0.6 is 11.3 Å². The fourth-order valence-corrected chi connectivity index (χ4v) is 7.13. The van der Waals surface area contributed by atoms with Crippen molar-refractivity contribution in [1.82, 2.24) is 24.6 Å². The van der Waals surface area contributed by atoms with Gasteiger partial charge in [-0.25, -0.2) is 14.5 Å². The van der Waals surface area contributed by atoms with Crippen LogP contribution in [0.3, 0.4) is 0 Å². The third-order valence-electron chi connectivity index (χ3n) is 8.18. The number of aromatic nitrogens is 4. The van der Waals surface area contributed by atoms with Crippen molar-refractivity contribution in [2.75, 3.05) is 0 Å². The number of rotatable bonds is 6. The monoisotopic (exact) mass is 646 g/mol. The molecule has 2 atom stereocenters. The number of halogens is 3. The van der Waals surface area contributed by atoms with Gasteiger partial charge in [0.05, 0.1) is 11.4 Å². The number of hydrogen-bond acceptors (Lipinski definition) is 5. The van der Waals surface area contributed by atoms with Crippen LogP contribution in [0.15, 0.2) is 77.4 Å². The Balaban J connectivity index is 1.15. The van der Waals surface area contributed by atoms with Gasteiger partial charge in [-0.1, -0.05) is 48.4 Å². The number of carbonyl (C=O) groups is 1. The second-order valence-corrected chi connectivity index (χ2v) is 12.5. The average Bonchev–Trinajstić information content (AvgIpc) is 3.74. The summed E-state index contributed by atoms with van der Waals surface area (Å²) < 4.78 is 44.9. The summed E-state index contributed by atoms with van der Waals surface area (Å²) in [5.74, 6) is 0.325. The van der Waals surface area contributed by atoms with Gasteiger partial charge in [-0.15, -0.1) is 29.6 Å². The molecule has 8 nitrogen and oxygen atoms in total. The Kier molecular flexibility index (Phi) is 8.56. The normalized spacial score (nSPS) is 17.0. The summed E-state index contributed by atoms with van der Waals surface area (Å²) in [5.41, 5.74) is 8.01. The first-order valence-electron chi connectivity index (χ1n) is 14.9. The van der Waals surface area contributed by atoms with Crippen molar-refractivity contribution in [2.45, 2.75) is 65.3 Å². The van der Waals surface area contributed by atoms with Crippen LogP contribution in [0, 0.1) is 27.7 Å². The van der Waals surface area contributed by atoms with E-state index in [1.807, 2.05) is 36.6 Å². The molecule has 1 N–H and O–H groups in total. The second kappa shape index (κ2) is 12.6. The zero-order valence-electron chi connectivity index (χ0n) is 25.8. The maximum absolute atomic E-state index is 13.2. The smallest absolute Gasteiger partial charge is 0.406 e. The Morgan fingerprint density at radius 2 is 1.70 bits per heavy atom. The highest BCUT2D eigenvalue weighted by atomic mass is 32.1. The summed E-state index contributed by atoms with van der Waals surface area (Å²) in [6.45, 7) is 8.27. The zero-order valence-corrected chi connectivity index (χ0v) is 26.6. The SMILES string of the molecule is Cc1cc(C)c(-n2c(C)cs/c2=N\C(=O)NC2CCCC2c2ccc(-c3ncn(-c4ccc(OC(F)(F)F)cc4)n3)cc2)c(C)c1. The van der Waals surface area contributed by atoms with E-state index in [2.05, 4.69) is 62.6 Å². The number of ether oxygens (including phenoxy) is 1. The first kappa shape index (κ1) is 31.3. The Labute approximate surface area is 268 Å². The molecule has 5 aromatic rings. The van der Waals surface area contributed by atoms with Gasteiger partial charge in [-0.05, 0) is 81.5 Å². The molecule has 0 bridgehead atoms. The molecule has 6 rings (SSSR count). The largest absolute Gasteiger partial charge is 0.573 e. The van der Waals surface area contributed by atoms with E-state index in [0.29, 0.717) is 16.3 Å². The van der Waals surface area contributed by atoms with Gasteiger partial charge in [-0.2, -0.15) is 4.99 Å². The Morgan fingerprint density at radius 1 is 1.00 bits per heavy atom. The van der Waals surface area contributed by atoms with Crippen LogP contribution in [0.2, 0.25) is 0 Å². The molecule has 46 heavy (non-hydrogen) atoms. The Bertz CT molecular complexity index is 1920. The van der Waals surface area contributed by atoms with Crippen LogP contribution in [0.4, 0.5) is 18.0 Å². The predicted molar refractivity (Wildman–Crippen MR) is 171 cm³/mol. The number of hydrogen-bond donors (Lipinski definition) is 1. The summed E-state index contributed by atoms with van der Waals surface area (Å²) in [7, 11) is 0. The molecule has 2 heterocycles. The number of nitrogens with zero attached hydrogens (tertiary/aromatic N) is 5. The molecule has 2 unspecified atom stereocenters. The molecule has 2 aromatic heterocycles. The number of benzene rings is 3. The number of carbonyl (C=O) groups excluding carboxylic acids is 1. The summed E-state index contributed by atoms with van der Waals surface area (Å²) >= 11 is 1.45. The van der Waals surface area contributed by atoms with Gasteiger partial charge in [0, 0.05) is 28.6 Å². The molecule has 0 spiro atoms. The van der Waals surface area contributed by atoms with Crippen LogP contribution in [-0.4, -0.2) is 37.8 Å². The molecule has 0 aliphatic heterocycles. The van der Waals surface area contributed by atoms with Crippen molar-refractivity contribution >= 4 is 17.4 Å². The van der Waals surface area contributed by atoms with Gasteiger partial charge in [0.25, 0.3) is 0 Å². The molecule has 12 heteroatoms. The molecule has 2 amide bonds. The molecular formula is C34H33F3N6O2S. The maximum Gasteiger partial charge on any atom is 0.573 e. The number of amides is 2. The third kappa shape index (κ3) is 6.76. The van der Waals surface area contributed by atoms with Crippen molar-refractivity contribution in [3.63, 3.8) is 0 Å². The lowest BCUT2D eigenvalue weighted by Crippen LogP contribution is -2.36. The highest BCUT2D eigenvalue weighted by molar-refractivity contribution is 7.07. The third-order valence-corrected chi connectivity index (χ3v) is 9.13. The first-order valence-corrected chi connectivity index (χ1v) is 15.8. The standard InChI is InChI=1S/C34H33F3N6O2S/c1-20-16-21(2)30(22(3)17-20)43-23(4)18-46-33(43)40-32(44)39-29-7-5-6-28(29)24-8-10-25(11-9-24)31-38-19-42(41-31)26-12-14-27(15-13-26)45-34(35,36)37/h8-19,28-29H,5-7H2,1-4H3,(H,39,44)/b40-33-. The van der Waals surface area contributed by atoms with E-state index < -0.39 is 6.36 Å². The zero-order chi connectivity index (χ0) is 32.6. The van der Waals surface area contributed by atoms with Crippen molar-refractivity contribution in [2.24, 2.45) is 4.99 Å². The van der Waals surface area contributed by atoms with Crippen LogP contribution in [-0.2, 0) is 0 Å². The molecule has 238 valence electrons. The van der Waals surface area contributed by atoms with Gasteiger partial charge >= 0.3 is 12.4 Å². The van der Waals surface area contributed by atoms with E-state index in [-0.39, 0.29) is 23.7 Å². The van der Waals surface area contributed by atoms with Crippen molar-refractivity contribution in [3.05, 3.63) is 105 Å². The summed E-state index contributed by atoms with van der Waals surface area (Å²) in [6, 6.07) is 17.3. The van der Waals surface area contributed by atoms with E-state index in [1.54, 1.807) is 0 Å². The van der Waals surface area contributed by atoms with Crippen molar-refractivity contribution in [1.29, 1.82) is 0 Å². The van der Waals surface area contributed by atoms with E-state index >= 15 is 0 Å². The Hall–Kier alpha value is -4.71. The molecule has 0 saturated heterocycles. The molecular weight excluding hydrogens is 613 g/mol. The number of aryl methyl sites for hydroxylation is 4. The minimum absolute atomic E-state index is 0.0407. The molecule has 1 saturated carbocycles. The summed E-state index contributed by atoms with van der Waals surface area (Å²) in [4.78, 5) is 22.8. The lowest BCUT2D eigenvalue weighted by Gasteiger charge is -2.20. The molecule has 3 aromatic carbocycles. The first-order chi connectivity index (χ1) is 21.9. The minimum atomic E-state index is -4.75. The quantitative estimate of drug-likeness (QED) is 0.204. The predicted octanol–water partition coefficient (Wildman–Crippen LogP) is 7.87. The van der Waals surface area contributed by atoms with Crippen LogP contribution in [0.5, 0.6) is 5.75 Å². The van der Waals surface area contributed by atoms with Crippen LogP contribution < -0.4 is 14.9 Å². The van der Waals surface area contributed by atoms with Crippen LogP contribution in [0.1, 0.15) is 53.1 Å². The minimum Gasteiger partial charge on any atom is -0.406 e.